The molecule has 0 amide bonds. The molecule has 0 spiro atoms. The van der Waals surface area contributed by atoms with Gasteiger partial charge in [-0.2, -0.15) is 0 Å². The molecule has 0 saturated carbocycles. The largest absolute Gasteiger partial charge is 0.479 e. The summed E-state index contributed by atoms with van der Waals surface area (Å²) in [6.45, 7) is 5.52. The number of nitrogens with two attached hydrogens (primary N) is 1. The van der Waals surface area contributed by atoms with Crippen LogP contribution in [0.2, 0.25) is 0 Å². The molecule has 120 valence electrons. The van der Waals surface area contributed by atoms with Crippen molar-refractivity contribution in [2.24, 2.45) is 10.9 Å². The Balaban J connectivity index is 1.95. The van der Waals surface area contributed by atoms with Crippen LogP contribution in [0.1, 0.15) is 23.6 Å². The highest BCUT2D eigenvalue weighted by molar-refractivity contribution is 5.97. The van der Waals surface area contributed by atoms with Crippen LogP contribution in [-0.4, -0.2) is 17.9 Å². The number of amidine groups is 1. The summed E-state index contributed by atoms with van der Waals surface area (Å²) >= 11 is 0. The molecule has 2 N–H and O–H groups in total. The molecule has 0 fully saturated rings. The number of rotatable bonds is 5. The molecule has 1 unspecified atom stereocenters. The second-order valence-electron chi connectivity index (χ2n) is 5.33. The van der Waals surface area contributed by atoms with Gasteiger partial charge in [-0.1, -0.05) is 46.6 Å². The van der Waals surface area contributed by atoms with E-state index in [-0.39, 0.29) is 5.84 Å². The van der Waals surface area contributed by atoms with Gasteiger partial charge in [-0.25, -0.2) is 4.79 Å². The lowest BCUT2D eigenvalue weighted by molar-refractivity contribution is -0.151. The number of nitrogens with zero attached hydrogens (tertiary/aromatic N) is 1. The Bertz CT molecular complexity index is 708. The molecule has 2 aromatic carbocycles. The topological polar surface area (TPSA) is 73.9 Å². The van der Waals surface area contributed by atoms with Crippen molar-refractivity contribution >= 4 is 11.8 Å². The maximum Gasteiger partial charge on any atom is 0.374 e. The highest BCUT2D eigenvalue weighted by atomic mass is 16.7. The van der Waals surface area contributed by atoms with Gasteiger partial charge in [0.2, 0.25) is 0 Å². The van der Waals surface area contributed by atoms with Crippen LogP contribution < -0.4 is 10.5 Å². The molecule has 0 aliphatic heterocycles. The molecule has 5 heteroatoms. The van der Waals surface area contributed by atoms with Crippen LogP contribution in [0, 0.1) is 13.8 Å². The summed E-state index contributed by atoms with van der Waals surface area (Å²) in [6, 6.07) is 14.9. The van der Waals surface area contributed by atoms with Crippen LogP contribution in [0.5, 0.6) is 5.75 Å². The van der Waals surface area contributed by atoms with Crippen molar-refractivity contribution < 1.29 is 14.4 Å². The van der Waals surface area contributed by atoms with E-state index in [2.05, 4.69) is 5.16 Å². The zero-order valence-corrected chi connectivity index (χ0v) is 13.4. The predicted octanol–water partition coefficient (Wildman–Crippen LogP) is 2.93. The summed E-state index contributed by atoms with van der Waals surface area (Å²) in [5.41, 5.74) is 8.67. The third kappa shape index (κ3) is 4.85. The average Bonchev–Trinajstić information content (AvgIpc) is 2.54. The number of hydrogen-bond acceptors (Lipinski definition) is 4. The number of benzene rings is 2. The van der Waals surface area contributed by atoms with Crippen LogP contribution in [0.3, 0.4) is 0 Å². The van der Waals surface area contributed by atoms with Gasteiger partial charge in [-0.3, -0.25) is 0 Å². The third-order valence-electron chi connectivity index (χ3n) is 3.21. The Hall–Kier alpha value is -2.82. The van der Waals surface area contributed by atoms with Gasteiger partial charge in [-0.15, -0.1) is 0 Å². The molecule has 1 atom stereocenters. The van der Waals surface area contributed by atoms with E-state index in [1.54, 1.807) is 25.1 Å². The summed E-state index contributed by atoms with van der Waals surface area (Å²) in [5, 5.41) is 3.68. The van der Waals surface area contributed by atoms with Crippen molar-refractivity contribution in [1.29, 1.82) is 0 Å². The van der Waals surface area contributed by atoms with E-state index in [0.717, 1.165) is 11.1 Å². The lowest BCUT2D eigenvalue weighted by Gasteiger charge is -2.12. The van der Waals surface area contributed by atoms with Gasteiger partial charge in [0.1, 0.15) is 5.75 Å². The van der Waals surface area contributed by atoms with Gasteiger partial charge in [0.05, 0.1) is 0 Å². The highest BCUT2D eigenvalue weighted by Crippen LogP contribution is 2.14. The summed E-state index contributed by atoms with van der Waals surface area (Å²) < 4.78 is 5.50. The first-order valence-electron chi connectivity index (χ1n) is 7.30. The van der Waals surface area contributed by atoms with E-state index in [1.165, 1.54) is 0 Å². The smallest absolute Gasteiger partial charge is 0.374 e. The van der Waals surface area contributed by atoms with Crippen molar-refractivity contribution in [3.63, 3.8) is 0 Å². The van der Waals surface area contributed by atoms with E-state index in [0.29, 0.717) is 11.3 Å². The minimum Gasteiger partial charge on any atom is -0.479 e. The number of carbonyl (C=O) groups is 1. The second kappa shape index (κ2) is 7.45. The average molecular weight is 312 g/mol. The molecule has 0 aliphatic carbocycles. The van der Waals surface area contributed by atoms with Crippen LogP contribution >= 0.6 is 0 Å². The predicted molar refractivity (Wildman–Crippen MR) is 89.3 cm³/mol. The van der Waals surface area contributed by atoms with E-state index in [4.69, 9.17) is 15.3 Å². The Labute approximate surface area is 135 Å². The van der Waals surface area contributed by atoms with E-state index >= 15 is 0 Å². The summed E-state index contributed by atoms with van der Waals surface area (Å²) in [7, 11) is 0. The second-order valence-corrected chi connectivity index (χ2v) is 5.33. The van der Waals surface area contributed by atoms with Gasteiger partial charge in [0.25, 0.3) is 0 Å². The van der Waals surface area contributed by atoms with Crippen LogP contribution in [0.15, 0.2) is 53.7 Å². The van der Waals surface area contributed by atoms with Crippen molar-refractivity contribution in [3.05, 3.63) is 65.2 Å². The summed E-state index contributed by atoms with van der Waals surface area (Å²) in [4.78, 5) is 16.8. The molecule has 0 heterocycles. The maximum atomic E-state index is 11.9. The maximum absolute atomic E-state index is 11.9. The molecule has 2 aromatic rings. The molecule has 0 saturated heterocycles. The lowest BCUT2D eigenvalue weighted by atomic mass is 10.1. The van der Waals surface area contributed by atoms with Crippen LogP contribution in [0.4, 0.5) is 0 Å². The van der Waals surface area contributed by atoms with Crippen LogP contribution in [0.25, 0.3) is 0 Å². The van der Waals surface area contributed by atoms with E-state index in [9.17, 15) is 4.79 Å². The number of oxime groups is 1. The molecule has 0 bridgehead atoms. The fraction of sp³-hybridized carbons (Fsp3) is 0.222. The van der Waals surface area contributed by atoms with Gasteiger partial charge in [-0.05, 0) is 39.0 Å². The third-order valence-corrected chi connectivity index (χ3v) is 3.21. The summed E-state index contributed by atoms with van der Waals surface area (Å²) in [6.07, 6.45) is -0.785. The Kier molecular flexibility index (Phi) is 5.36. The fourth-order valence-electron chi connectivity index (χ4n) is 1.89. The first kappa shape index (κ1) is 16.5. The Morgan fingerprint density at radius 1 is 1.09 bits per heavy atom. The zero-order chi connectivity index (χ0) is 16.8. The molecule has 0 aliphatic rings. The van der Waals surface area contributed by atoms with Crippen molar-refractivity contribution in [2.45, 2.75) is 26.9 Å². The Morgan fingerprint density at radius 2 is 1.78 bits per heavy atom. The van der Waals surface area contributed by atoms with Crippen molar-refractivity contribution in [1.82, 2.24) is 0 Å². The SMILES string of the molecule is Cc1ccc(OC(C)C(=O)O/N=C(\N)c2cccc(C)c2)cc1. The number of carbonyl (C=O) groups excluding carboxylic acids is 1. The first-order valence-corrected chi connectivity index (χ1v) is 7.30. The van der Waals surface area contributed by atoms with E-state index in [1.807, 2.05) is 44.2 Å². The fourth-order valence-corrected chi connectivity index (χ4v) is 1.89. The molecule has 2 rings (SSSR count). The van der Waals surface area contributed by atoms with Gasteiger partial charge < -0.3 is 15.3 Å². The summed E-state index contributed by atoms with van der Waals surface area (Å²) in [5.74, 6) is 0.126. The normalized spacial score (nSPS) is 12.6. The highest BCUT2D eigenvalue weighted by Gasteiger charge is 2.17. The molecule has 0 radical (unpaired) electrons. The van der Waals surface area contributed by atoms with Gasteiger partial charge in [0.15, 0.2) is 11.9 Å². The van der Waals surface area contributed by atoms with Gasteiger partial charge in [0, 0.05) is 5.56 Å². The van der Waals surface area contributed by atoms with Crippen LogP contribution in [-0.2, 0) is 9.63 Å². The molecular formula is C18H20N2O3. The number of ether oxygens (including phenoxy) is 1. The minimum atomic E-state index is -0.785. The number of hydrogen-bond donors (Lipinski definition) is 1. The minimum absolute atomic E-state index is 0.143. The molecule has 0 aromatic heterocycles. The molecule has 5 nitrogen and oxygen atoms in total. The van der Waals surface area contributed by atoms with Gasteiger partial charge >= 0.3 is 5.97 Å². The van der Waals surface area contributed by atoms with Crippen molar-refractivity contribution in [3.8, 4) is 5.75 Å². The molecular weight excluding hydrogens is 292 g/mol. The first-order chi connectivity index (χ1) is 11.0. The van der Waals surface area contributed by atoms with E-state index < -0.39 is 12.1 Å². The standard InChI is InChI=1S/C18H20N2O3/c1-12-7-9-16(10-8-12)22-14(3)18(21)23-20-17(19)15-6-4-5-13(2)11-15/h4-11,14H,1-3H3,(H2,19,20). The number of aryl methyl sites for hydroxylation is 2. The quantitative estimate of drug-likeness (QED) is 0.399. The molecule has 23 heavy (non-hydrogen) atoms. The lowest BCUT2D eigenvalue weighted by Crippen LogP contribution is -2.26. The zero-order valence-electron chi connectivity index (χ0n) is 13.4. The Morgan fingerprint density at radius 3 is 2.43 bits per heavy atom. The monoisotopic (exact) mass is 312 g/mol. The van der Waals surface area contributed by atoms with Crippen molar-refractivity contribution in [2.75, 3.05) is 0 Å².